The number of rotatable bonds is 6. The molecule has 0 aromatic carbocycles. The fourth-order valence-corrected chi connectivity index (χ4v) is 2.23. The highest BCUT2D eigenvalue weighted by Gasteiger charge is 2.02. The maximum atomic E-state index is 2.34. The van der Waals surface area contributed by atoms with Crippen LogP contribution in [-0.4, -0.2) is 12.3 Å². The fraction of sp³-hybridized carbons (Fsp3) is 1.00. The third-order valence-corrected chi connectivity index (χ3v) is 3.75. The van der Waals surface area contributed by atoms with E-state index in [1.165, 1.54) is 25.7 Å². The Morgan fingerprint density at radius 1 is 1.18 bits per heavy atom. The standard InChI is InChI=1S/C10H23P/c1-5-10(11-4)8-6-7-9(2)3/h9-11H,5-8H2,1-4H3. The molecule has 0 aromatic heterocycles. The lowest BCUT2D eigenvalue weighted by molar-refractivity contribution is 0.528. The van der Waals surface area contributed by atoms with Gasteiger partial charge in [-0.3, -0.25) is 0 Å². The summed E-state index contributed by atoms with van der Waals surface area (Å²) in [6.07, 6.45) is 5.70. The highest BCUT2D eigenvalue weighted by atomic mass is 31.1. The van der Waals surface area contributed by atoms with E-state index < -0.39 is 0 Å². The van der Waals surface area contributed by atoms with Crippen LogP contribution in [-0.2, 0) is 0 Å². The van der Waals surface area contributed by atoms with Crippen molar-refractivity contribution in [3.8, 4) is 0 Å². The number of hydrogen-bond acceptors (Lipinski definition) is 0. The van der Waals surface area contributed by atoms with Crippen LogP contribution in [0.2, 0.25) is 0 Å². The van der Waals surface area contributed by atoms with Gasteiger partial charge in [0.2, 0.25) is 0 Å². The summed E-state index contributed by atoms with van der Waals surface area (Å²) < 4.78 is 0. The van der Waals surface area contributed by atoms with Crippen molar-refractivity contribution in [2.24, 2.45) is 5.92 Å². The van der Waals surface area contributed by atoms with Crippen molar-refractivity contribution in [2.45, 2.75) is 52.1 Å². The molecule has 0 nitrogen and oxygen atoms in total. The Morgan fingerprint density at radius 2 is 1.82 bits per heavy atom. The van der Waals surface area contributed by atoms with Gasteiger partial charge in [0.25, 0.3) is 0 Å². The van der Waals surface area contributed by atoms with Gasteiger partial charge < -0.3 is 0 Å². The van der Waals surface area contributed by atoms with E-state index in [0.29, 0.717) is 0 Å². The first kappa shape index (κ1) is 11.4. The minimum atomic E-state index is 0.896. The molecule has 0 rings (SSSR count). The van der Waals surface area contributed by atoms with Crippen LogP contribution in [0, 0.1) is 5.92 Å². The third-order valence-electron chi connectivity index (χ3n) is 2.24. The predicted molar refractivity (Wildman–Crippen MR) is 57.0 cm³/mol. The van der Waals surface area contributed by atoms with Crippen molar-refractivity contribution < 1.29 is 0 Å². The summed E-state index contributed by atoms with van der Waals surface area (Å²) in [6, 6.07) is 0. The van der Waals surface area contributed by atoms with Gasteiger partial charge in [0.05, 0.1) is 0 Å². The Bertz CT molecular complexity index is 74.9. The van der Waals surface area contributed by atoms with Crippen LogP contribution in [0.1, 0.15) is 46.5 Å². The first-order valence-corrected chi connectivity index (χ1v) is 6.45. The van der Waals surface area contributed by atoms with Crippen molar-refractivity contribution >= 4 is 8.58 Å². The van der Waals surface area contributed by atoms with Gasteiger partial charge in [0.15, 0.2) is 0 Å². The van der Waals surface area contributed by atoms with E-state index in [4.69, 9.17) is 0 Å². The van der Waals surface area contributed by atoms with Crippen LogP contribution in [0.5, 0.6) is 0 Å². The molecule has 68 valence electrons. The molecule has 0 radical (unpaired) electrons. The highest BCUT2D eigenvalue weighted by molar-refractivity contribution is 7.37. The average Bonchev–Trinajstić information content (AvgIpc) is 1.98. The monoisotopic (exact) mass is 174 g/mol. The molecule has 0 bridgehead atoms. The maximum absolute atomic E-state index is 2.34. The van der Waals surface area contributed by atoms with Crippen molar-refractivity contribution in [1.29, 1.82) is 0 Å². The average molecular weight is 174 g/mol. The van der Waals surface area contributed by atoms with E-state index >= 15 is 0 Å². The van der Waals surface area contributed by atoms with Crippen LogP contribution in [0.3, 0.4) is 0 Å². The van der Waals surface area contributed by atoms with Crippen molar-refractivity contribution in [3.05, 3.63) is 0 Å². The van der Waals surface area contributed by atoms with Crippen LogP contribution in [0.4, 0.5) is 0 Å². The summed E-state index contributed by atoms with van der Waals surface area (Å²) in [5.74, 6) is 0.896. The molecular formula is C10H23P. The molecule has 2 atom stereocenters. The molecule has 0 spiro atoms. The summed E-state index contributed by atoms with van der Waals surface area (Å²) in [7, 11) is 1.15. The molecule has 0 aliphatic carbocycles. The number of hydrogen-bond donors (Lipinski definition) is 0. The van der Waals surface area contributed by atoms with E-state index in [0.717, 1.165) is 20.2 Å². The van der Waals surface area contributed by atoms with Crippen LogP contribution in [0.25, 0.3) is 0 Å². The van der Waals surface area contributed by atoms with Gasteiger partial charge in [-0.05, 0) is 31.1 Å². The SMILES string of the molecule is CCC(CCCC(C)C)PC. The zero-order valence-electron chi connectivity index (χ0n) is 8.48. The molecule has 0 aliphatic heterocycles. The molecule has 0 saturated carbocycles. The van der Waals surface area contributed by atoms with E-state index in [1.807, 2.05) is 0 Å². The van der Waals surface area contributed by atoms with Gasteiger partial charge in [-0.25, -0.2) is 0 Å². The maximum Gasteiger partial charge on any atom is -0.0242 e. The fourth-order valence-electron chi connectivity index (χ4n) is 1.33. The third kappa shape index (κ3) is 6.81. The van der Waals surface area contributed by atoms with Gasteiger partial charge in [0, 0.05) is 0 Å². The molecule has 0 amide bonds. The smallest absolute Gasteiger partial charge is 0.0242 e. The van der Waals surface area contributed by atoms with Gasteiger partial charge in [0.1, 0.15) is 0 Å². The Kier molecular flexibility index (Phi) is 7.38. The lowest BCUT2D eigenvalue weighted by atomic mass is 10.0. The summed E-state index contributed by atoms with van der Waals surface area (Å²) in [6.45, 7) is 9.28. The second kappa shape index (κ2) is 7.10. The second-order valence-corrected chi connectivity index (χ2v) is 5.11. The first-order valence-electron chi connectivity index (χ1n) is 4.88. The van der Waals surface area contributed by atoms with E-state index in [9.17, 15) is 0 Å². The lowest BCUT2D eigenvalue weighted by Gasteiger charge is -2.12. The molecule has 11 heavy (non-hydrogen) atoms. The van der Waals surface area contributed by atoms with Crippen molar-refractivity contribution in [2.75, 3.05) is 6.66 Å². The summed E-state index contributed by atoms with van der Waals surface area (Å²) in [5, 5.41) is 0. The van der Waals surface area contributed by atoms with E-state index in [2.05, 4.69) is 27.4 Å². The second-order valence-electron chi connectivity index (χ2n) is 3.72. The predicted octanol–water partition coefficient (Wildman–Crippen LogP) is 3.90. The summed E-state index contributed by atoms with van der Waals surface area (Å²) in [4.78, 5) is 0. The summed E-state index contributed by atoms with van der Waals surface area (Å²) in [5.41, 5.74) is 1.02. The zero-order valence-corrected chi connectivity index (χ0v) is 9.48. The molecule has 1 heteroatoms. The van der Waals surface area contributed by atoms with Gasteiger partial charge in [-0.2, -0.15) is 0 Å². The van der Waals surface area contributed by atoms with Crippen molar-refractivity contribution in [3.63, 3.8) is 0 Å². The van der Waals surface area contributed by atoms with Crippen LogP contribution >= 0.6 is 8.58 Å². The molecular weight excluding hydrogens is 151 g/mol. The Balaban J connectivity index is 3.21. The van der Waals surface area contributed by atoms with Crippen molar-refractivity contribution in [1.82, 2.24) is 0 Å². The van der Waals surface area contributed by atoms with Gasteiger partial charge in [-0.1, -0.05) is 33.6 Å². The largest absolute Gasteiger partial charge is 0.122 e. The Morgan fingerprint density at radius 3 is 2.18 bits per heavy atom. The summed E-state index contributed by atoms with van der Waals surface area (Å²) >= 11 is 0. The zero-order chi connectivity index (χ0) is 8.69. The molecule has 0 saturated heterocycles. The molecule has 0 heterocycles. The lowest BCUT2D eigenvalue weighted by Crippen LogP contribution is -1.99. The first-order chi connectivity index (χ1) is 5.20. The van der Waals surface area contributed by atoms with Crippen LogP contribution in [0.15, 0.2) is 0 Å². The molecule has 0 aromatic rings. The topological polar surface area (TPSA) is 0 Å². The van der Waals surface area contributed by atoms with E-state index in [1.54, 1.807) is 0 Å². The van der Waals surface area contributed by atoms with E-state index in [-0.39, 0.29) is 0 Å². The molecule has 0 aliphatic rings. The Labute approximate surface area is 73.9 Å². The highest BCUT2D eigenvalue weighted by Crippen LogP contribution is 2.23. The van der Waals surface area contributed by atoms with Crippen LogP contribution < -0.4 is 0 Å². The molecule has 0 fully saturated rings. The van der Waals surface area contributed by atoms with Gasteiger partial charge >= 0.3 is 0 Å². The molecule has 2 unspecified atom stereocenters. The Hall–Kier alpha value is 0.430. The molecule has 0 N–H and O–H groups in total. The van der Waals surface area contributed by atoms with Gasteiger partial charge in [-0.15, -0.1) is 8.58 Å². The normalized spacial score (nSPS) is 15.0. The minimum absolute atomic E-state index is 0.896. The quantitative estimate of drug-likeness (QED) is 0.536. The minimum Gasteiger partial charge on any atom is -0.122 e.